The van der Waals surface area contributed by atoms with Gasteiger partial charge in [0.25, 0.3) is 0 Å². The number of hydrogen-bond donors (Lipinski definition) is 1. The molecule has 0 heterocycles. The van der Waals surface area contributed by atoms with E-state index in [1.165, 1.54) is 0 Å². The van der Waals surface area contributed by atoms with E-state index in [9.17, 15) is 22.7 Å². The number of sulfone groups is 1. The average molecular weight is 306 g/mol. The number of rotatable bonds is 5. The fourth-order valence-electron chi connectivity index (χ4n) is 1.61. The second-order valence-corrected chi connectivity index (χ2v) is 5.91. The molecule has 1 aromatic carbocycles. The summed E-state index contributed by atoms with van der Waals surface area (Å²) in [6.07, 6.45) is -0.917. The number of ether oxygens (including phenoxy) is 2. The first kappa shape index (κ1) is 16.4. The smallest absolute Gasteiger partial charge is 0.339 e. The molecule has 0 saturated heterocycles. The van der Waals surface area contributed by atoms with Crippen molar-refractivity contribution in [3.05, 3.63) is 23.5 Å². The standard InChI is InChI=1S/C12H15FO6S/c1-4-19-12(15)10(14)7-5-6-8(20(3,16)17)9(13)11(7)18-2/h5-6,10,14H,4H2,1-3H3. The minimum atomic E-state index is -3.79. The van der Waals surface area contributed by atoms with Crippen molar-refractivity contribution in [2.75, 3.05) is 20.0 Å². The molecule has 0 fully saturated rings. The topological polar surface area (TPSA) is 89.9 Å². The molecule has 8 heteroatoms. The van der Waals surface area contributed by atoms with Crippen molar-refractivity contribution in [3.8, 4) is 5.75 Å². The molecule has 0 bridgehead atoms. The van der Waals surface area contributed by atoms with Crippen molar-refractivity contribution >= 4 is 15.8 Å². The highest BCUT2D eigenvalue weighted by molar-refractivity contribution is 7.90. The summed E-state index contributed by atoms with van der Waals surface area (Å²) in [5.74, 6) is -2.64. The third-order valence-corrected chi connectivity index (χ3v) is 3.61. The quantitative estimate of drug-likeness (QED) is 0.811. The first-order valence-corrected chi connectivity index (χ1v) is 7.54. The number of carbonyl (C=O) groups is 1. The zero-order valence-electron chi connectivity index (χ0n) is 11.2. The minimum Gasteiger partial charge on any atom is -0.493 e. The van der Waals surface area contributed by atoms with E-state index in [0.29, 0.717) is 0 Å². The van der Waals surface area contributed by atoms with Crippen molar-refractivity contribution in [1.29, 1.82) is 0 Å². The normalized spacial score (nSPS) is 12.8. The van der Waals surface area contributed by atoms with Gasteiger partial charge < -0.3 is 14.6 Å². The Kier molecular flexibility index (Phi) is 5.07. The summed E-state index contributed by atoms with van der Waals surface area (Å²) >= 11 is 0. The van der Waals surface area contributed by atoms with E-state index < -0.39 is 38.4 Å². The summed E-state index contributed by atoms with van der Waals surface area (Å²) in [4.78, 5) is 10.9. The Balaban J connectivity index is 3.37. The number of aliphatic hydroxyl groups is 1. The van der Waals surface area contributed by atoms with Gasteiger partial charge in [-0.2, -0.15) is 0 Å². The third kappa shape index (κ3) is 3.26. The van der Waals surface area contributed by atoms with E-state index in [1.54, 1.807) is 6.92 Å². The lowest BCUT2D eigenvalue weighted by atomic mass is 10.1. The van der Waals surface area contributed by atoms with Crippen molar-refractivity contribution in [2.24, 2.45) is 0 Å². The molecule has 1 atom stereocenters. The predicted molar refractivity (Wildman–Crippen MR) is 67.7 cm³/mol. The molecule has 112 valence electrons. The zero-order chi connectivity index (χ0) is 15.5. The van der Waals surface area contributed by atoms with Gasteiger partial charge in [0, 0.05) is 11.8 Å². The first-order chi connectivity index (χ1) is 9.23. The number of benzene rings is 1. The number of esters is 1. The van der Waals surface area contributed by atoms with Gasteiger partial charge in [0.1, 0.15) is 4.90 Å². The Bertz CT molecular complexity index is 611. The molecule has 0 aliphatic carbocycles. The molecule has 1 unspecified atom stereocenters. The average Bonchev–Trinajstić information content (AvgIpc) is 2.36. The predicted octanol–water partition coefficient (Wildman–Crippen LogP) is 0.834. The lowest BCUT2D eigenvalue weighted by Crippen LogP contribution is -2.17. The Hall–Kier alpha value is -1.67. The molecule has 0 amide bonds. The highest BCUT2D eigenvalue weighted by atomic mass is 32.2. The van der Waals surface area contributed by atoms with Gasteiger partial charge in [-0.3, -0.25) is 0 Å². The van der Waals surface area contributed by atoms with Gasteiger partial charge in [-0.25, -0.2) is 17.6 Å². The van der Waals surface area contributed by atoms with Crippen LogP contribution >= 0.6 is 0 Å². The van der Waals surface area contributed by atoms with Crippen molar-refractivity contribution < 1.29 is 32.2 Å². The van der Waals surface area contributed by atoms with Crippen molar-refractivity contribution in [1.82, 2.24) is 0 Å². The first-order valence-electron chi connectivity index (χ1n) is 5.65. The van der Waals surface area contributed by atoms with E-state index in [-0.39, 0.29) is 12.2 Å². The fraction of sp³-hybridized carbons (Fsp3) is 0.417. The third-order valence-electron chi connectivity index (χ3n) is 2.50. The van der Waals surface area contributed by atoms with Crippen LogP contribution in [0.5, 0.6) is 5.75 Å². The molecule has 20 heavy (non-hydrogen) atoms. The van der Waals surface area contributed by atoms with Crippen LogP contribution in [0.3, 0.4) is 0 Å². The summed E-state index contributed by atoms with van der Waals surface area (Å²) in [6, 6.07) is 2.07. The number of halogens is 1. The summed E-state index contributed by atoms with van der Waals surface area (Å²) in [7, 11) is -2.69. The van der Waals surface area contributed by atoms with Gasteiger partial charge in [0.05, 0.1) is 13.7 Å². The number of carbonyl (C=O) groups excluding carboxylic acids is 1. The highest BCUT2D eigenvalue weighted by Gasteiger charge is 2.28. The number of hydrogen-bond acceptors (Lipinski definition) is 6. The van der Waals surface area contributed by atoms with Crippen LogP contribution < -0.4 is 4.74 Å². The molecule has 0 radical (unpaired) electrons. The lowest BCUT2D eigenvalue weighted by molar-refractivity contribution is -0.153. The van der Waals surface area contributed by atoms with Gasteiger partial charge >= 0.3 is 5.97 Å². The number of methoxy groups -OCH3 is 1. The Morgan fingerprint density at radius 3 is 2.50 bits per heavy atom. The van der Waals surface area contributed by atoms with E-state index in [0.717, 1.165) is 25.5 Å². The molecule has 1 aromatic rings. The van der Waals surface area contributed by atoms with Crippen molar-refractivity contribution in [2.45, 2.75) is 17.9 Å². The van der Waals surface area contributed by atoms with Gasteiger partial charge in [0.15, 0.2) is 27.5 Å². The molecule has 1 rings (SSSR count). The molecule has 0 aromatic heterocycles. The molecule has 0 saturated carbocycles. The van der Waals surface area contributed by atoms with Crippen LogP contribution in [0.25, 0.3) is 0 Å². The maximum Gasteiger partial charge on any atom is 0.339 e. The maximum absolute atomic E-state index is 14.1. The summed E-state index contributed by atoms with van der Waals surface area (Å²) in [6.45, 7) is 1.59. The maximum atomic E-state index is 14.1. The second kappa shape index (κ2) is 6.19. The molecule has 0 aliphatic rings. The zero-order valence-corrected chi connectivity index (χ0v) is 12.0. The van der Waals surface area contributed by atoms with E-state index >= 15 is 0 Å². The number of aliphatic hydroxyl groups excluding tert-OH is 1. The van der Waals surface area contributed by atoms with Crippen LogP contribution in [0.15, 0.2) is 17.0 Å². The Labute approximate surface area is 116 Å². The van der Waals surface area contributed by atoms with E-state index in [2.05, 4.69) is 4.74 Å². The summed E-state index contributed by atoms with van der Waals surface area (Å²) in [5, 5.41) is 9.78. The van der Waals surface area contributed by atoms with Crippen molar-refractivity contribution in [3.63, 3.8) is 0 Å². The molecular weight excluding hydrogens is 291 g/mol. The van der Waals surface area contributed by atoms with Gasteiger partial charge in [-0.05, 0) is 13.0 Å². The lowest BCUT2D eigenvalue weighted by Gasteiger charge is -2.15. The molecule has 6 nitrogen and oxygen atoms in total. The summed E-state index contributed by atoms with van der Waals surface area (Å²) in [5.41, 5.74) is -0.198. The highest BCUT2D eigenvalue weighted by Crippen LogP contribution is 2.32. The van der Waals surface area contributed by atoms with Crippen LogP contribution in [-0.2, 0) is 19.4 Å². The minimum absolute atomic E-state index is 0.0438. The second-order valence-electron chi connectivity index (χ2n) is 3.93. The van der Waals surface area contributed by atoms with Crippen LogP contribution in [0.1, 0.15) is 18.6 Å². The largest absolute Gasteiger partial charge is 0.493 e. The van der Waals surface area contributed by atoms with E-state index in [4.69, 9.17) is 4.74 Å². The van der Waals surface area contributed by atoms with Crippen LogP contribution in [-0.4, -0.2) is 39.5 Å². The van der Waals surface area contributed by atoms with Crippen LogP contribution in [0.4, 0.5) is 4.39 Å². The molecular formula is C12H15FO6S. The Morgan fingerprint density at radius 2 is 2.05 bits per heavy atom. The van der Waals surface area contributed by atoms with Crippen LogP contribution in [0, 0.1) is 5.82 Å². The fourth-order valence-corrected chi connectivity index (χ4v) is 2.34. The molecule has 0 spiro atoms. The Morgan fingerprint density at radius 1 is 1.45 bits per heavy atom. The summed E-state index contributed by atoms with van der Waals surface area (Å²) < 4.78 is 46.2. The SMILES string of the molecule is CCOC(=O)C(O)c1ccc(S(C)(=O)=O)c(F)c1OC. The molecule has 0 aliphatic heterocycles. The van der Waals surface area contributed by atoms with Crippen LogP contribution in [0.2, 0.25) is 0 Å². The van der Waals surface area contributed by atoms with Gasteiger partial charge in [-0.1, -0.05) is 6.07 Å². The van der Waals surface area contributed by atoms with E-state index in [1.807, 2.05) is 0 Å². The van der Waals surface area contributed by atoms with Gasteiger partial charge in [0.2, 0.25) is 0 Å². The monoisotopic (exact) mass is 306 g/mol. The molecule has 1 N–H and O–H groups in total. The van der Waals surface area contributed by atoms with Gasteiger partial charge in [-0.15, -0.1) is 0 Å².